The van der Waals surface area contributed by atoms with Crippen molar-refractivity contribution < 1.29 is 0 Å². The average Bonchev–Trinajstić information content (AvgIpc) is 2.98. The molecule has 0 amide bonds. The zero-order chi connectivity index (χ0) is 16.7. The summed E-state index contributed by atoms with van der Waals surface area (Å²) in [5.74, 6) is 0.826. The van der Waals surface area contributed by atoms with Crippen molar-refractivity contribution in [2.75, 3.05) is 6.54 Å². The van der Waals surface area contributed by atoms with Gasteiger partial charge in [0.15, 0.2) is 5.96 Å². The molecular formula is C18H27IN4S. The number of nitrogens with one attached hydrogen (secondary N) is 2. The maximum Gasteiger partial charge on any atom is 0.192 e. The standard InChI is InChI=1S/C18H26N4S.HI/c1-5-15-7-9-16(10-8-15)14(4)22-18(19-6-2)21-12-17-20-11-13(3)23-17;/h7-11,14H,5-6,12H2,1-4H3,(H2,19,21,22);1H. The fourth-order valence-corrected chi connectivity index (χ4v) is 2.98. The Morgan fingerprint density at radius 3 is 2.50 bits per heavy atom. The molecule has 4 nitrogen and oxygen atoms in total. The van der Waals surface area contributed by atoms with E-state index >= 15 is 0 Å². The minimum absolute atomic E-state index is 0. The van der Waals surface area contributed by atoms with Crippen molar-refractivity contribution in [1.29, 1.82) is 0 Å². The molecule has 1 atom stereocenters. The van der Waals surface area contributed by atoms with Gasteiger partial charge in [0.05, 0.1) is 12.6 Å². The minimum atomic E-state index is 0. The van der Waals surface area contributed by atoms with E-state index in [1.807, 2.05) is 6.20 Å². The molecular weight excluding hydrogens is 431 g/mol. The van der Waals surface area contributed by atoms with Crippen molar-refractivity contribution in [3.05, 3.63) is 51.5 Å². The molecule has 2 aromatic rings. The maximum atomic E-state index is 4.64. The van der Waals surface area contributed by atoms with Crippen LogP contribution in [0.15, 0.2) is 35.5 Å². The third-order valence-electron chi connectivity index (χ3n) is 3.63. The molecule has 0 saturated heterocycles. The van der Waals surface area contributed by atoms with Gasteiger partial charge in [-0.3, -0.25) is 0 Å². The second kappa shape index (κ2) is 10.7. The Kier molecular flexibility index (Phi) is 9.28. The smallest absolute Gasteiger partial charge is 0.192 e. The fourth-order valence-electron chi connectivity index (χ4n) is 2.27. The molecule has 0 bridgehead atoms. The first kappa shape index (κ1) is 20.9. The van der Waals surface area contributed by atoms with Gasteiger partial charge >= 0.3 is 0 Å². The second-order valence-electron chi connectivity index (χ2n) is 5.52. The quantitative estimate of drug-likeness (QED) is 0.382. The Bertz CT molecular complexity index is 637. The van der Waals surface area contributed by atoms with Crippen LogP contribution in [0.2, 0.25) is 0 Å². The van der Waals surface area contributed by atoms with E-state index < -0.39 is 0 Å². The number of hydrogen-bond donors (Lipinski definition) is 2. The summed E-state index contributed by atoms with van der Waals surface area (Å²) in [6, 6.07) is 8.96. The second-order valence-corrected chi connectivity index (χ2v) is 6.84. The fraction of sp³-hybridized carbons (Fsp3) is 0.444. The lowest BCUT2D eigenvalue weighted by molar-refractivity contribution is 0.686. The molecule has 0 spiro atoms. The van der Waals surface area contributed by atoms with Crippen LogP contribution in [-0.2, 0) is 13.0 Å². The van der Waals surface area contributed by atoms with Crippen LogP contribution < -0.4 is 10.6 Å². The van der Waals surface area contributed by atoms with Gasteiger partial charge in [-0.15, -0.1) is 35.3 Å². The van der Waals surface area contributed by atoms with E-state index in [4.69, 9.17) is 0 Å². The maximum absolute atomic E-state index is 4.64. The molecule has 2 rings (SSSR count). The highest BCUT2D eigenvalue weighted by Gasteiger charge is 2.08. The van der Waals surface area contributed by atoms with Crippen molar-refractivity contribution in [1.82, 2.24) is 15.6 Å². The summed E-state index contributed by atoms with van der Waals surface area (Å²) in [7, 11) is 0. The number of hydrogen-bond acceptors (Lipinski definition) is 3. The zero-order valence-corrected chi connectivity index (χ0v) is 17.9. The zero-order valence-electron chi connectivity index (χ0n) is 14.8. The highest BCUT2D eigenvalue weighted by atomic mass is 127. The number of rotatable bonds is 6. The van der Waals surface area contributed by atoms with Crippen LogP contribution in [0.4, 0.5) is 0 Å². The monoisotopic (exact) mass is 458 g/mol. The van der Waals surface area contributed by atoms with Crippen LogP contribution >= 0.6 is 35.3 Å². The molecule has 0 saturated carbocycles. The largest absolute Gasteiger partial charge is 0.357 e. The van der Waals surface area contributed by atoms with E-state index in [-0.39, 0.29) is 30.0 Å². The molecule has 0 aliphatic heterocycles. The van der Waals surface area contributed by atoms with Gasteiger partial charge in [0, 0.05) is 17.6 Å². The van der Waals surface area contributed by atoms with Gasteiger partial charge in [-0.1, -0.05) is 31.2 Å². The van der Waals surface area contributed by atoms with Crippen LogP contribution in [0.1, 0.15) is 47.8 Å². The molecule has 1 aromatic carbocycles. The van der Waals surface area contributed by atoms with Gasteiger partial charge in [-0.2, -0.15) is 0 Å². The third-order valence-corrected chi connectivity index (χ3v) is 4.52. The average molecular weight is 458 g/mol. The number of benzene rings is 1. The van der Waals surface area contributed by atoms with Crippen LogP contribution in [0.3, 0.4) is 0 Å². The lowest BCUT2D eigenvalue weighted by Crippen LogP contribution is -2.38. The van der Waals surface area contributed by atoms with Gasteiger partial charge in [0.2, 0.25) is 0 Å². The van der Waals surface area contributed by atoms with Crippen molar-refractivity contribution >= 4 is 41.3 Å². The highest BCUT2D eigenvalue weighted by molar-refractivity contribution is 14.0. The summed E-state index contributed by atoms with van der Waals surface area (Å²) in [6.07, 6.45) is 2.97. The summed E-state index contributed by atoms with van der Waals surface area (Å²) < 4.78 is 0. The Morgan fingerprint density at radius 1 is 1.25 bits per heavy atom. The third kappa shape index (κ3) is 6.39. The molecule has 1 unspecified atom stereocenters. The van der Waals surface area contributed by atoms with Crippen LogP contribution in [-0.4, -0.2) is 17.5 Å². The topological polar surface area (TPSA) is 49.3 Å². The molecule has 0 aliphatic carbocycles. The molecule has 2 N–H and O–H groups in total. The molecule has 132 valence electrons. The van der Waals surface area contributed by atoms with Crippen molar-refractivity contribution in [3.8, 4) is 0 Å². The van der Waals surface area contributed by atoms with Crippen LogP contribution in [0, 0.1) is 6.92 Å². The summed E-state index contributed by atoms with van der Waals surface area (Å²) >= 11 is 1.69. The van der Waals surface area contributed by atoms with Gasteiger partial charge in [0.25, 0.3) is 0 Å². The normalized spacial score (nSPS) is 12.4. The molecule has 24 heavy (non-hydrogen) atoms. The molecule has 0 radical (unpaired) electrons. The lowest BCUT2D eigenvalue weighted by atomic mass is 10.1. The number of halogens is 1. The number of thiazole rings is 1. The van der Waals surface area contributed by atoms with Gasteiger partial charge in [-0.25, -0.2) is 9.98 Å². The predicted octanol–water partition coefficient (Wildman–Crippen LogP) is 4.45. The van der Waals surface area contributed by atoms with Gasteiger partial charge < -0.3 is 10.6 Å². The van der Waals surface area contributed by atoms with E-state index in [1.54, 1.807) is 11.3 Å². The summed E-state index contributed by atoms with van der Waals surface area (Å²) in [5.41, 5.74) is 2.62. The molecule has 0 fully saturated rings. The molecule has 1 aromatic heterocycles. The Morgan fingerprint density at radius 2 is 1.96 bits per heavy atom. The predicted molar refractivity (Wildman–Crippen MR) is 114 cm³/mol. The summed E-state index contributed by atoms with van der Waals surface area (Å²) in [6.45, 7) is 9.91. The highest BCUT2D eigenvalue weighted by Crippen LogP contribution is 2.14. The first-order valence-corrected chi connectivity index (χ1v) is 8.99. The molecule has 0 aliphatic rings. The first-order chi connectivity index (χ1) is 11.1. The van der Waals surface area contributed by atoms with Crippen molar-refractivity contribution in [3.63, 3.8) is 0 Å². The van der Waals surface area contributed by atoms with E-state index in [0.29, 0.717) is 6.54 Å². The van der Waals surface area contributed by atoms with Crippen molar-refractivity contribution in [2.24, 2.45) is 4.99 Å². The number of guanidine groups is 1. The number of aryl methyl sites for hydroxylation is 2. The van der Waals surface area contributed by atoms with Crippen LogP contribution in [0.5, 0.6) is 0 Å². The van der Waals surface area contributed by atoms with E-state index in [2.05, 4.69) is 72.6 Å². The minimum Gasteiger partial charge on any atom is -0.357 e. The van der Waals surface area contributed by atoms with Crippen molar-refractivity contribution in [2.45, 2.75) is 46.7 Å². The van der Waals surface area contributed by atoms with E-state index in [1.165, 1.54) is 16.0 Å². The first-order valence-electron chi connectivity index (χ1n) is 8.17. The van der Waals surface area contributed by atoms with Crippen LogP contribution in [0.25, 0.3) is 0 Å². The summed E-state index contributed by atoms with van der Waals surface area (Å²) in [5, 5.41) is 7.80. The Hall–Kier alpha value is -1.15. The SMILES string of the molecule is CCNC(=NCc1ncc(C)s1)NC(C)c1ccc(CC)cc1.I. The van der Waals surface area contributed by atoms with E-state index in [0.717, 1.165) is 23.9 Å². The number of aromatic nitrogens is 1. The molecule has 1 heterocycles. The van der Waals surface area contributed by atoms with Gasteiger partial charge in [-0.05, 0) is 38.3 Å². The van der Waals surface area contributed by atoms with E-state index in [9.17, 15) is 0 Å². The number of nitrogens with zero attached hydrogens (tertiary/aromatic N) is 2. The summed E-state index contributed by atoms with van der Waals surface area (Å²) in [4.78, 5) is 10.2. The number of aliphatic imine (C=N–C) groups is 1. The van der Waals surface area contributed by atoms with Gasteiger partial charge in [0.1, 0.15) is 5.01 Å². The Labute approximate surface area is 166 Å². The molecule has 6 heteroatoms. The Balaban J connectivity index is 0.00000288. The lowest BCUT2D eigenvalue weighted by Gasteiger charge is -2.18.